The van der Waals surface area contributed by atoms with Crippen molar-refractivity contribution in [2.45, 2.75) is 6.42 Å². The number of carbonyl (C=O) groups is 2. The summed E-state index contributed by atoms with van der Waals surface area (Å²) in [4.78, 5) is 20.5. The Balaban J connectivity index is 4.18. The Morgan fingerprint density at radius 3 is 2.38 bits per heavy atom. The maximum absolute atomic E-state index is 10.3. The molecule has 0 saturated heterocycles. The van der Waals surface area contributed by atoms with Gasteiger partial charge in [0, 0.05) is 22.7 Å². The first-order valence-corrected chi connectivity index (χ1v) is 5.04. The summed E-state index contributed by atoms with van der Waals surface area (Å²) < 4.78 is 0.786. The molecule has 74 valence electrons. The van der Waals surface area contributed by atoms with Gasteiger partial charge >= 0.3 is 11.9 Å². The number of rotatable bonds is 6. The maximum Gasteiger partial charge on any atom is 0.330 e. The van der Waals surface area contributed by atoms with E-state index >= 15 is 0 Å². The highest BCUT2D eigenvalue weighted by molar-refractivity contribution is 14.1. The molecular formula is C7H10INO4. The third kappa shape index (κ3) is 7.57. The van der Waals surface area contributed by atoms with Crippen LogP contribution in [0.4, 0.5) is 0 Å². The van der Waals surface area contributed by atoms with E-state index in [1.165, 1.54) is 0 Å². The van der Waals surface area contributed by atoms with Gasteiger partial charge < -0.3 is 15.5 Å². The molecule has 0 unspecified atom stereocenters. The summed E-state index contributed by atoms with van der Waals surface area (Å²) in [5, 5.41) is 19.5. The molecule has 6 heteroatoms. The van der Waals surface area contributed by atoms with E-state index in [2.05, 4.69) is 27.9 Å². The number of carboxylic acids is 2. The van der Waals surface area contributed by atoms with Crippen LogP contribution in [0.3, 0.4) is 0 Å². The van der Waals surface area contributed by atoms with E-state index in [4.69, 9.17) is 10.2 Å². The Hall–Kier alpha value is -0.790. The Morgan fingerprint density at radius 1 is 1.38 bits per heavy atom. The molecule has 0 atom stereocenters. The monoisotopic (exact) mass is 299 g/mol. The molecule has 0 aliphatic heterocycles. The number of nitrogens with one attached hydrogen (secondary N) is 1. The summed E-state index contributed by atoms with van der Waals surface area (Å²) in [5.74, 6) is -2.19. The Morgan fingerprint density at radius 2 is 2.00 bits per heavy atom. The van der Waals surface area contributed by atoms with Crippen LogP contribution in [0.5, 0.6) is 0 Å². The van der Waals surface area contributed by atoms with Gasteiger partial charge in [0.05, 0.1) is 6.42 Å². The molecule has 0 rings (SSSR count). The van der Waals surface area contributed by atoms with Crippen molar-refractivity contribution < 1.29 is 19.8 Å². The zero-order valence-corrected chi connectivity index (χ0v) is 8.95. The van der Waals surface area contributed by atoms with E-state index in [0.717, 1.165) is 10.5 Å². The summed E-state index contributed by atoms with van der Waals surface area (Å²) >= 11 is 2.10. The van der Waals surface area contributed by atoms with Crippen molar-refractivity contribution in [1.82, 2.24) is 5.32 Å². The van der Waals surface area contributed by atoms with Crippen molar-refractivity contribution in [2.24, 2.45) is 0 Å². The van der Waals surface area contributed by atoms with Crippen LogP contribution in [0, 0.1) is 0 Å². The normalized spacial score (nSPS) is 11.0. The molecule has 0 aromatic rings. The predicted molar refractivity (Wildman–Crippen MR) is 54.9 cm³/mol. The molecule has 0 aromatic heterocycles. The lowest BCUT2D eigenvalue weighted by atomic mass is 10.3. The van der Waals surface area contributed by atoms with Gasteiger partial charge in [-0.05, 0) is 0 Å². The van der Waals surface area contributed by atoms with Gasteiger partial charge in [0.25, 0.3) is 0 Å². The lowest BCUT2D eigenvalue weighted by Gasteiger charge is -2.05. The molecule has 0 fully saturated rings. The predicted octanol–water partition coefficient (Wildman–Crippen LogP) is 0.454. The van der Waals surface area contributed by atoms with Gasteiger partial charge in [0.15, 0.2) is 0 Å². The van der Waals surface area contributed by atoms with Gasteiger partial charge in [-0.2, -0.15) is 0 Å². The van der Waals surface area contributed by atoms with Gasteiger partial charge in [0.2, 0.25) is 0 Å². The number of alkyl halides is 1. The summed E-state index contributed by atoms with van der Waals surface area (Å²) in [6.07, 6.45) is 0.587. The van der Waals surface area contributed by atoms with Gasteiger partial charge in [0.1, 0.15) is 0 Å². The van der Waals surface area contributed by atoms with E-state index < -0.39 is 11.9 Å². The van der Waals surface area contributed by atoms with Crippen molar-refractivity contribution in [2.75, 3.05) is 11.0 Å². The topological polar surface area (TPSA) is 86.6 Å². The van der Waals surface area contributed by atoms with Crippen LogP contribution in [0.15, 0.2) is 11.8 Å². The fourth-order valence-corrected chi connectivity index (χ4v) is 0.954. The standard InChI is InChI=1S/C7H10INO4/c8-1-2-9-5(3-6(10)11)4-7(12)13/h3,9H,1-2,4H2,(H,10,11)(H,12,13). The third-order valence-electron chi connectivity index (χ3n) is 1.09. The lowest BCUT2D eigenvalue weighted by Crippen LogP contribution is -2.19. The molecule has 0 heterocycles. The Bertz CT molecular complexity index is 227. The average Bonchev–Trinajstić information content (AvgIpc) is 1.98. The highest BCUT2D eigenvalue weighted by atomic mass is 127. The van der Waals surface area contributed by atoms with Crippen LogP contribution in [0.1, 0.15) is 6.42 Å². The van der Waals surface area contributed by atoms with Crippen LogP contribution in [-0.4, -0.2) is 33.1 Å². The minimum absolute atomic E-state index is 0.219. The largest absolute Gasteiger partial charge is 0.481 e. The van der Waals surface area contributed by atoms with Crippen LogP contribution in [0.2, 0.25) is 0 Å². The van der Waals surface area contributed by atoms with E-state index in [9.17, 15) is 9.59 Å². The zero-order valence-electron chi connectivity index (χ0n) is 6.79. The second-order valence-electron chi connectivity index (χ2n) is 2.19. The highest BCUT2D eigenvalue weighted by Gasteiger charge is 2.04. The molecule has 13 heavy (non-hydrogen) atoms. The molecule has 0 radical (unpaired) electrons. The van der Waals surface area contributed by atoms with Crippen molar-refractivity contribution in [3.8, 4) is 0 Å². The number of aliphatic carboxylic acids is 2. The second-order valence-corrected chi connectivity index (χ2v) is 3.27. The Labute approximate surface area is 89.0 Å². The SMILES string of the molecule is O=C(O)C=C(CC(=O)O)NCCI. The zero-order chi connectivity index (χ0) is 10.3. The van der Waals surface area contributed by atoms with Crippen molar-refractivity contribution in [3.05, 3.63) is 11.8 Å². The molecular weight excluding hydrogens is 289 g/mol. The minimum Gasteiger partial charge on any atom is -0.481 e. The third-order valence-corrected chi connectivity index (χ3v) is 1.63. The number of halogens is 1. The first kappa shape index (κ1) is 12.2. The van der Waals surface area contributed by atoms with E-state index in [-0.39, 0.29) is 12.1 Å². The fraction of sp³-hybridized carbons (Fsp3) is 0.429. The lowest BCUT2D eigenvalue weighted by molar-refractivity contribution is -0.136. The molecule has 0 aliphatic carbocycles. The van der Waals surface area contributed by atoms with Crippen LogP contribution >= 0.6 is 22.6 Å². The molecule has 0 aromatic carbocycles. The number of carboxylic acid groups (broad SMARTS) is 2. The quantitative estimate of drug-likeness (QED) is 0.377. The van der Waals surface area contributed by atoms with E-state index in [1.807, 2.05) is 0 Å². The van der Waals surface area contributed by atoms with Crippen molar-refractivity contribution >= 4 is 34.5 Å². The molecule has 0 amide bonds. The Kier molecular flexibility index (Phi) is 6.29. The van der Waals surface area contributed by atoms with Crippen molar-refractivity contribution in [1.29, 1.82) is 0 Å². The van der Waals surface area contributed by atoms with Crippen LogP contribution < -0.4 is 5.32 Å². The molecule has 0 aliphatic rings. The van der Waals surface area contributed by atoms with E-state index in [0.29, 0.717) is 6.54 Å². The average molecular weight is 299 g/mol. The first-order chi connectivity index (χ1) is 6.06. The van der Waals surface area contributed by atoms with Gasteiger partial charge in [-0.3, -0.25) is 4.79 Å². The first-order valence-electron chi connectivity index (χ1n) is 3.51. The van der Waals surface area contributed by atoms with Crippen LogP contribution in [-0.2, 0) is 9.59 Å². The molecule has 0 spiro atoms. The highest BCUT2D eigenvalue weighted by Crippen LogP contribution is 1.97. The molecule has 0 bridgehead atoms. The summed E-state index contributed by atoms with van der Waals surface area (Å²) in [5.41, 5.74) is 0.219. The number of hydrogen-bond donors (Lipinski definition) is 3. The van der Waals surface area contributed by atoms with Crippen LogP contribution in [0.25, 0.3) is 0 Å². The maximum atomic E-state index is 10.3. The fourth-order valence-electron chi connectivity index (χ4n) is 0.684. The molecule has 3 N–H and O–H groups in total. The minimum atomic E-state index is -1.14. The summed E-state index contributed by atoms with van der Waals surface area (Å²) in [7, 11) is 0. The summed E-state index contributed by atoms with van der Waals surface area (Å²) in [6.45, 7) is 0.562. The smallest absolute Gasteiger partial charge is 0.330 e. The molecule has 0 saturated carbocycles. The van der Waals surface area contributed by atoms with Crippen molar-refractivity contribution in [3.63, 3.8) is 0 Å². The molecule has 5 nitrogen and oxygen atoms in total. The van der Waals surface area contributed by atoms with E-state index in [1.54, 1.807) is 0 Å². The van der Waals surface area contributed by atoms with Gasteiger partial charge in [-0.15, -0.1) is 0 Å². The number of hydrogen-bond acceptors (Lipinski definition) is 3. The summed E-state index contributed by atoms with van der Waals surface area (Å²) in [6, 6.07) is 0. The van der Waals surface area contributed by atoms with Gasteiger partial charge in [-0.25, -0.2) is 4.79 Å². The van der Waals surface area contributed by atoms with Gasteiger partial charge in [-0.1, -0.05) is 22.6 Å². The second kappa shape index (κ2) is 6.70.